The van der Waals surface area contributed by atoms with E-state index in [1.807, 2.05) is 18.2 Å². The fourth-order valence-corrected chi connectivity index (χ4v) is 3.54. The van der Waals surface area contributed by atoms with Gasteiger partial charge >= 0.3 is 0 Å². The van der Waals surface area contributed by atoms with Crippen LogP contribution in [-0.2, 0) is 0 Å². The number of halogens is 1. The van der Waals surface area contributed by atoms with Gasteiger partial charge in [0.05, 0.1) is 18.1 Å². The van der Waals surface area contributed by atoms with E-state index in [0.29, 0.717) is 0 Å². The van der Waals surface area contributed by atoms with Crippen LogP contribution in [0.15, 0.2) is 42.9 Å². The lowest BCUT2D eigenvalue weighted by Crippen LogP contribution is -2.46. The predicted octanol–water partition coefficient (Wildman–Crippen LogP) is 2.46. The Hall–Kier alpha value is -2.61. The Morgan fingerprint density at radius 1 is 1.00 bits per heavy atom. The van der Waals surface area contributed by atoms with E-state index in [2.05, 4.69) is 30.0 Å². The van der Waals surface area contributed by atoms with Crippen molar-refractivity contribution in [2.75, 3.05) is 36.0 Å². The molecule has 4 rings (SSSR count). The Morgan fingerprint density at radius 2 is 1.83 bits per heavy atom. The highest BCUT2D eigenvalue weighted by atomic mass is 32.1. The van der Waals surface area contributed by atoms with Gasteiger partial charge in [-0.25, -0.2) is 4.39 Å². The van der Waals surface area contributed by atoms with Crippen LogP contribution in [0.2, 0.25) is 0 Å². The summed E-state index contributed by atoms with van der Waals surface area (Å²) < 4.78 is 13.3. The molecular weight excluding hydrogens is 327 g/mol. The first-order chi connectivity index (χ1) is 11.8. The van der Waals surface area contributed by atoms with Crippen molar-refractivity contribution in [3.05, 3.63) is 48.7 Å². The van der Waals surface area contributed by atoms with E-state index in [9.17, 15) is 4.39 Å². The molecule has 122 valence electrons. The van der Waals surface area contributed by atoms with Gasteiger partial charge in [-0.15, -0.1) is 10.2 Å². The molecule has 0 saturated carbocycles. The molecule has 4 heterocycles. The summed E-state index contributed by atoms with van der Waals surface area (Å²) in [5.74, 6) is -0.306. The van der Waals surface area contributed by atoms with Crippen LogP contribution in [0.1, 0.15) is 0 Å². The lowest BCUT2D eigenvalue weighted by atomic mass is 10.3. The minimum absolute atomic E-state index is 0.306. The van der Waals surface area contributed by atoms with Crippen LogP contribution in [0.5, 0.6) is 0 Å². The van der Waals surface area contributed by atoms with Crippen molar-refractivity contribution in [2.45, 2.75) is 0 Å². The zero-order valence-corrected chi connectivity index (χ0v) is 13.7. The van der Waals surface area contributed by atoms with Crippen molar-refractivity contribution >= 4 is 22.2 Å². The Kier molecular flexibility index (Phi) is 4.04. The van der Waals surface area contributed by atoms with Crippen molar-refractivity contribution in [3.8, 4) is 10.7 Å². The molecule has 8 heteroatoms. The Morgan fingerprint density at radius 3 is 2.58 bits per heavy atom. The molecule has 0 radical (unpaired) electrons. The molecule has 0 aliphatic carbocycles. The molecule has 0 N–H and O–H groups in total. The summed E-state index contributed by atoms with van der Waals surface area (Å²) >= 11 is 1.54. The van der Waals surface area contributed by atoms with E-state index in [1.54, 1.807) is 23.7 Å². The summed E-state index contributed by atoms with van der Waals surface area (Å²) in [6, 6.07) is 7.27. The van der Waals surface area contributed by atoms with Gasteiger partial charge in [0.15, 0.2) is 5.01 Å². The van der Waals surface area contributed by atoms with Crippen molar-refractivity contribution in [1.82, 2.24) is 20.2 Å². The van der Waals surface area contributed by atoms with Gasteiger partial charge in [0.25, 0.3) is 0 Å². The minimum Gasteiger partial charge on any atom is -0.367 e. The molecule has 1 aliphatic heterocycles. The smallest absolute Gasteiger partial charge is 0.208 e. The molecule has 0 amide bonds. The molecule has 1 aliphatic rings. The molecule has 0 spiro atoms. The largest absolute Gasteiger partial charge is 0.367 e. The SMILES string of the molecule is Fc1cncc(N2CCN(c3nnc(-c4ccccn4)s3)CC2)c1. The fourth-order valence-electron chi connectivity index (χ4n) is 2.67. The number of piperazine rings is 1. The van der Waals surface area contributed by atoms with Gasteiger partial charge in [0, 0.05) is 38.4 Å². The third-order valence-electron chi connectivity index (χ3n) is 3.90. The summed E-state index contributed by atoms with van der Waals surface area (Å²) in [5.41, 5.74) is 1.66. The quantitative estimate of drug-likeness (QED) is 0.729. The van der Waals surface area contributed by atoms with Gasteiger partial charge in [0.2, 0.25) is 5.13 Å². The number of anilines is 2. The number of aromatic nitrogens is 4. The van der Waals surface area contributed by atoms with Crippen LogP contribution in [0, 0.1) is 5.82 Å². The monoisotopic (exact) mass is 342 g/mol. The standard InChI is InChI=1S/C16H15FN6S/c17-12-9-13(11-18-10-12)22-5-7-23(8-6-22)16-21-20-15(24-16)14-3-1-2-4-19-14/h1-4,9-11H,5-8H2. The minimum atomic E-state index is -0.306. The Balaban J connectivity index is 1.44. The van der Waals surface area contributed by atoms with Gasteiger partial charge in [-0.1, -0.05) is 17.4 Å². The maximum Gasteiger partial charge on any atom is 0.208 e. The predicted molar refractivity (Wildman–Crippen MR) is 91.8 cm³/mol. The van der Waals surface area contributed by atoms with Crippen LogP contribution in [-0.4, -0.2) is 46.3 Å². The van der Waals surface area contributed by atoms with E-state index in [0.717, 1.165) is 47.7 Å². The van der Waals surface area contributed by atoms with Gasteiger partial charge < -0.3 is 9.80 Å². The molecule has 24 heavy (non-hydrogen) atoms. The molecule has 1 saturated heterocycles. The normalized spacial score (nSPS) is 14.9. The molecule has 3 aromatic rings. The highest BCUT2D eigenvalue weighted by molar-refractivity contribution is 7.18. The van der Waals surface area contributed by atoms with Crippen molar-refractivity contribution < 1.29 is 4.39 Å². The molecule has 0 bridgehead atoms. The lowest BCUT2D eigenvalue weighted by Gasteiger charge is -2.35. The zero-order valence-electron chi connectivity index (χ0n) is 12.8. The van der Waals surface area contributed by atoms with Crippen LogP contribution in [0.25, 0.3) is 10.7 Å². The highest BCUT2D eigenvalue weighted by Crippen LogP contribution is 2.28. The summed E-state index contributed by atoms with van der Waals surface area (Å²) in [5, 5.41) is 10.3. The van der Waals surface area contributed by atoms with Gasteiger partial charge in [-0.05, 0) is 12.1 Å². The lowest BCUT2D eigenvalue weighted by molar-refractivity contribution is 0.613. The van der Waals surface area contributed by atoms with E-state index in [1.165, 1.54) is 12.3 Å². The van der Waals surface area contributed by atoms with E-state index < -0.39 is 0 Å². The average molecular weight is 342 g/mol. The molecule has 0 aromatic carbocycles. The molecule has 0 atom stereocenters. The number of hydrogen-bond donors (Lipinski definition) is 0. The number of pyridine rings is 2. The Labute approximate surface area is 142 Å². The first-order valence-corrected chi connectivity index (χ1v) is 8.46. The summed E-state index contributed by atoms with van der Waals surface area (Å²) in [6.45, 7) is 3.22. The molecule has 1 fully saturated rings. The number of nitrogens with zero attached hydrogens (tertiary/aromatic N) is 6. The van der Waals surface area contributed by atoms with E-state index in [-0.39, 0.29) is 5.82 Å². The van der Waals surface area contributed by atoms with Gasteiger partial charge in [-0.3, -0.25) is 9.97 Å². The maximum absolute atomic E-state index is 13.3. The second-order valence-electron chi connectivity index (χ2n) is 5.44. The topological polar surface area (TPSA) is 58.0 Å². The van der Waals surface area contributed by atoms with E-state index >= 15 is 0 Å². The number of hydrogen-bond acceptors (Lipinski definition) is 7. The van der Waals surface area contributed by atoms with Crippen molar-refractivity contribution in [3.63, 3.8) is 0 Å². The van der Waals surface area contributed by atoms with Crippen LogP contribution >= 0.6 is 11.3 Å². The van der Waals surface area contributed by atoms with Crippen LogP contribution < -0.4 is 9.80 Å². The average Bonchev–Trinajstić information content (AvgIpc) is 3.13. The zero-order chi connectivity index (χ0) is 16.4. The van der Waals surface area contributed by atoms with Crippen LogP contribution in [0.4, 0.5) is 15.2 Å². The van der Waals surface area contributed by atoms with E-state index in [4.69, 9.17) is 0 Å². The first kappa shape index (κ1) is 14.9. The second kappa shape index (κ2) is 6.48. The van der Waals surface area contributed by atoms with Crippen molar-refractivity contribution in [2.24, 2.45) is 0 Å². The number of rotatable bonds is 3. The summed E-state index contributed by atoms with van der Waals surface area (Å²) in [6.07, 6.45) is 4.67. The summed E-state index contributed by atoms with van der Waals surface area (Å²) in [4.78, 5) is 12.6. The molecular formula is C16H15FN6S. The second-order valence-corrected chi connectivity index (χ2v) is 6.40. The first-order valence-electron chi connectivity index (χ1n) is 7.65. The molecule has 0 unspecified atom stereocenters. The highest BCUT2D eigenvalue weighted by Gasteiger charge is 2.21. The van der Waals surface area contributed by atoms with Crippen LogP contribution in [0.3, 0.4) is 0 Å². The fraction of sp³-hybridized carbons (Fsp3) is 0.250. The summed E-state index contributed by atoms with van der Waals surface area (Å²) in [7, 11) is 0. The van der Waals surface area contributed by atoms with Gasteiger partial charge in [-0.2, -0.15) is 0 Å². The molecule has 3 aromatic heterocycles. The maximum atomic E-state index is 13.3. The molecule has 6 nitrogen and oxygen atoms in total. The third kappa shape index (κ3) is 3.05. The van der Waals surface area contributed by atoms with Crippen molar-refractivity contribution in [1.29, 1.82) is 0 Å². The Bertz CT molecular complexity index is 816. The van der Waals surface area contributed by atoms with Gasteiger partial charge in [0.1, 0.15) is 11.5 Å². The third-order valence-corrected chi connectivity index (χ3v) is 4.91.